The maximum Gasteiger partial charge on any atom is 0.124 e. The molecule has 0 aromatic heterocycles. The molecule has 1 N–H and O–H groups in total. The lowest BCUT2D eigenvalue weighted by atomic mass is 10.1. The largest absolute Gasteiger partial charge is 0.489 e. The van der Waals surface area contributed by atoms with Crippen molar-refractivity contribution >= 4 is 37.5 Å². The Bertz CT molecular complexity index is 897. The van der Waals surface area contributed by atoms with Crippen molar-refractivity contribution in [3.05, 3.63) is 92.1 Å². The third kappa shape index (κ3) is 5.08. The van der Waals surface area contributed by atoms with Crippen molar-refractivity contribution in [2.75, 3.05) is 5.32 Å². The first-order valence-corrected chi connectivity index (χ1v) is 9.75. The SMILES string of the molecule is Cc1cc(Br)ccc1NCc1cc(Br)ccc1OCc1ccc(F)cc1. The maximum atomic E-state index is 13.0. The van der Waals surface area contributed by atoms with Crippen molar-refractivity contribution in [3.63, 3.8) is 0 Å². The van der Waals surface area contributed by atoms with E-state index in [1.807, 2.05) is 24.3 Å². The quantitative estimate of drug-likeness (QED) is 0.418. The van der Waals surface area contributed by atoms with Gasteiger partial charge >= 0.3 is 0 Å². The van der Waals surface area contributed by atoms with Crippen LogP contribution in [-0.4, -0.2) is 0 Å². The lowest BCUT2D eigenvalue weighted by Crippen LogP contribution is -2.05. The number of aryl methyl sites for hydroxylation is 1. The van der Waals surface area contributed by atoms with Crippen LogP contribution in [0.2, 0.25) is 0 Å². The summed E-state index contributed by atoms with van der Waals surface area (Å²) in [5.41, 5.74) is 4.22. The van der Waals surface area contributed by atoms with Gasteiger partial charge in [0, 0.05) is 26.7 Å². The van der Waals surface area contributed by atoms with Crippen LogP contribution in [0.5, 0.6) is 5.75 Å². The highest BCUT2D eigenvalue weighted by molar-refractivity contribution is 9.10. The number of benzene rings is 3. The van der Waals surface area contributed by atoms with Crippen molar-refractivity contribution in [1.29, 1.82) is 0 Å². The summed E-state index contributed by atoms with van der Waals surface area (Å²) >= 11 is 7.00. The first-order chi connectivity index (χ1) is 12.5. The Balaban J connectivity index is 1.71. The highest BCUT2D eigenvalue weighted by Gasteiger charge is 2.07. The van der Waals surface area contributed by atoms with Crippen LogP contribution in [0.1, 0.15) is 16.7 Å². The second-order valence-corrected chi connectivity index (χ2v) is 7.81. The summed E-state index contributed by atoms with van der Waals surface area (Å²) in [5.74, 6) is 0.562. The molecule has 0 radical (unpaired) electrons. The van der Waals surface area contributed by atoms with Crippen LogP contribution in [0.25, 0.3) is 0 Å². The van der Waals surface area contributed by atoms with E-state index in [0.29, 0.717) is 13.2 Å². The first kappa shape index (κ1) is 18.9. The second-order valence-electron chi connectivity index (χ2n) is 5.98. The van der Waals surface area contributed by atoms with E-state index in [2.05, 4.69) is 56.2 Å². The van der Waals surface area contributed by atoms with E-state index in [1.54, 1.807) is 12.1 Å². The lowest BCUT2D eigenvalue weighted by molar-refractivity contribution is 0.303. The molecule has 0 saturated heterocycles. The zero-order valence-electron chi connectivity index (χ0n) is 14.2. The predicted molar refractivity (Wildman–Crippen MR) is 111 cm³/mol. The lowest BCUT2D eigenvalue weighted by Gasteiger charge is -2.15. The standard InChI is InChI=1S/C21H18Br2FNO/c1-14-10-17(22)4-8-20(14)25-12-16-11-18(23)5-9-21(16)26-13-15-2-6-19(24)7-3-15/h2-11,25H,12-13H2,1H3. The molecule has 134 valence electrons. The summed E-state index contributed by atoms with van der Waals surface area (Å²) in [6.45, 7) is 3.10. The van der Waals surface area contributed by atoms with Gasteiger partial charge in [0.05, 0.1) is 0 Å². The van der Waals surface area contributed by atoms with E-state index < -0.39 is 0 Å². The number of anilines is 1. The molecule has 26 heavy (non-hydrogen) atoms. The molecule has 3 aromatic rings. The summed E-state index contributed by atoms with van der Waals surface area (Å²) < 4.78 is 21.0. The molecule has 3 aromatic carbocycles. The van der Waals surface area contributed by atoms with Gasteiger partial charge in [0.2, 0.25) is 0 Å². The Morgan fingerprint density at radius 1 is 0.923 bits per heavy atom. The third-order valence-electron chi connectivity index (χ3n) is 3.99. The van der Waals surface area contributed by atoms with Gasteiger partial charge in [0.1, 0.15) is 18.2 Å². The van der Waals surface area contributed by atoms with E-state index in [-0.39, 0.29) is 5.82 Å². The Morgan fingerprint density at radius 2 is 1.62 bits per heavy atom. The predicted octanol–water partition coefficient (Wildman–Crippen LogP) is 6.85. The van der Waals surface area contributed by atoms with E-state index >= 15 is 0 Å². The van der Waals surface area contributed by atoms with Crippen molar-refractivity contribution < 1.29 is 9.13 Å². The molecule has 0 atom stereocenters. The molecular weight excluding hydrogens is 461 g/mol. The molecule has 0 fully saturated rings. The normalized spacial score (nSPS) is 10.6. The molecule has 0 unspecified atom stereocenters. The van der Waals surface area contributed by atoms with Crippen LogP contribution in [0, 0.1) is 12.7 Å². The number of rotatable bonds is 6. The minimum atomic E-state index is -0.243. The molecule has 0 saturated carbocycles. The van der Waals surface area contributed by atoms with Crippen LogP contribution in [0.3, 0.4) is 0 Å². The van der Waals surface area contributed by atoms with Crippen molar-refractivity contribution in [1.82, 2.24) is 0 Å². The Kier molecular flexibility index (Phi) is 6.33. The van der Waals surface area contributed by atoms with Gasteiger partial charge in [0.15, 0.2) is 0 Å². The van der Waals surface area contributed by atoms with Gasteiger partial charge in [-0.3, -0.25) is 0 Å². The second kappa shape index (κ2) is 8.69. The van der Waals surface area contributed by atoms with E-state index in [4.69, 9.17) is 4.74 Å². The molecule has 0 spiro atoms. The molecule has 2 nitrogen and oxygen atoms in total. The average Bonchev–Trinajstić information content (AvgIpc) is 2.61. The van der Waals surface area contributed by atoms with Crippen molar-refractivity contribution in [2.45, 2.75) is 20.1 Å². The average molecular weight is 479 g/mol. The molecule has 0 heterocycles. The summed E-state index contributed by atoms with van der Waals surface area (Å²) in [5, 5.41) is 3.46. The highest BCUT2D eigenvalue weighted by Crippen LogP contribution is 2.26. The molecule has 0 aliphatic heterocycles. The Labute approximate surface area is 169 Å². The van der Waals surface area contributed by atoms with Crippen LogP contribution in [0.15, 0.2) is 69.6 Å². The van der Waals surface area contributed by atoms with Gasteiger partial charge in [0.25, 0.3) is 0 Å². The minimum Gasteiger partial charge on any atom is -0.489 e. The maximum absolute atomic E-state index is 13.0. The monoisotopic (exact) mass is 477 g/mol. The van der Waals surface area contributed by atoms with Gasteiger partial charge in [-0.25, -0.2) is 4.39 Å². The third-order valence-corrected chi connectivity index (χ3v) is 4.97. The molecule has 0 aliphatic rings. The van der Waals surface area contributed by atoms with Crippen LogP contribution >= 0.6 is 31.9 Å². The summed E-state index contributed by atoms with van der Waals surface area (Å²) in [7, 11) is 0. The van der Waals surface area contributed by atoms with Gasteiger partial charge in [-0.05, 0) is 66.6 Å². The first-order valence-electron chi connectivity index (χ1n) is 8.17. The van der Waals surface area contributed by atoms with Gasteiger partial charge < -0.3 is 10.1 Å². The Hall–Kier alpha value is -1.85. The molecule has 0 amide bonds. The molecule has 3 rings (SSSR count). The number of ether oxygens (including phenoxy) is 1. The number of nitrogens with one attached hydrogen (secondary N) is 1. The zero-order chi connectivity index (χ0) is 18.5. The number of halogens is 3. The van der Waals surface area contributed by atoms with Gasteiger partial charge in [-0.15, -0.1) is 0 Å². The topological polar surface area (TPSA) is 21.3 Å². The zero-order valence-corrected chi connectivity index (χ0v) is 17.4. The fraction of sp³-hybridized carbons (Fsp3) is 0.143. The summed E-state index contributed by atoms with van der Waals surface area (Å²) in [6.07, 6.45) is 0. The molecule has 0 bridgehead atoms. The van der Waals surface area contributed by atoms with E-state index in [0.717, 1.165) is 31.5 Å². The smallest absolute Gasteiger partial charge is 0.124 e. The van der Waals surface area contributed by atoms with Crippen LogP contribution < -0.4 is 10.1 Å². The summed E-state index contributed by atoms with van der Waals surface area (Å²) in [6, 6.07) is 18.4. The van der Waals surface area contributed by atoms with E-state index in [9.17, 15) is 4.39 Å². The van der Waals surface area contributed by atoms with Gasteiger partial charge in [-0.1, -0.05) is 44.0 Å². The highest BCUT2D eigenvalue weighted by atomic mass is 79.9. The molecular formula is C21H18Br2FNO. The molecule has 0 aliphatic carbocycles. The fourth-order valence-corrected chi connectivity index (χ4v) is 3.47. The van der Waals surface area contributed by atoms with E-state index in [1.165, 1.54) is 17.7 Å². The Morgan fingerprint density at radius 3 is 2.35 bits per heavy atom. The number of hydrogen-bond donors (Lipinski definition) is 1. The van der Waals surface area contributed by atoms with Crippen molar-refractivity contribution in [2.24, 2.45) is 0 Å². The fourth-order valence-electron chi connectivity index (χ4n) is 2.58. The van der Waals surface area contributed by atoms with Crippen LogP contribution in [0.4, 0.5) is 10.1 Å². The van der Waals surface area contributed by atoms with Crippen molar-refractivity contribution in [3.8, 4) is 5.75 Å². The number of hydrogen-bond acceptors (Lipinski definition) is 2. The summed E-state index contributed by atoms with van der Waals surface area (Å²) in [4.78, 5) is 0. The van der Waals surface area contributed by atoms with Gasteiger partial charge in [-0.2, -0.15) is 0 Å². The van der Waals surface area contributed by atoms with Crippen LogP contribution in [-0.2, 0) is 13.2 Å². The molecule has 5 heteroatoms. The minimum absolute atomic E-state index is 0.243.